The zero-order chi connectivity index (χ0) is 17.2. The molecule has 3 rings (SSSR count). The van der Waals surface area contributed by atoms with E-state index in [4.69, 9.17) is 5.14 Å². The van der Waals surface area contributed by atoms with Gasteiger partial charge in [0, 0.05) is 44.3 Å². The average molecular weight is 425 g/mol. The number of piperazine rings is 1. The van der Waals surface area contributed by atoms with E-state index in [0.717, 1.165) is 38.2 Å². The Morgan fingerprint density at radius 3 is 2.23 bits per heavy atom. The van der Waals surface area contributed by atoms with Crippen LogP contribution in [0.2, 0.25) is 0 Å². The Bertz CT molecular complexity index is 686. The summed E-state index contributed by atoms with van der Waals surface area (Å²) >= 11 is 0. The highest BCUT2D eigenvalue weighted by molar-refractivity contribution is 7.89. The number of benzene rings is 1. The lowest BCUT2D eigenvalue weighted by Gasteiger charge is -2.36. The summed E-state index contributed by atoms with van der Waals surface area (Å²) in [5.74, 6) is 0.221. The number of nitrogens with one attached hydrogen (secondary N) is 1. The molecule has 0 aliphatic carbocycles. The van der Waals surface area contributed by atoms with Gasteiger partial charge in [0.25, 0.3) is 0 Å². The summed E-state index contributed by atoms with van der Waals surface area (Å²) in [6.07, 6.45) is 2.82. The molecule has 1 amide bonds. The van der Waals surface area contributed by atoms with E-state index >= 15 is 0 Å². The second-order valence-electron chi connectivity index (χ2n) is 6.40. The first-order valence-electron chi connectivity index (χ1n) is 8.32. The molecule has 0 radical (unpaired) electrons. The smallest absolute Gasteiger partial charge is 0.238 e. The molecule has 148 valence electrons. The highest BCUT2D eigenvalue weighted by atomic mass is 35.5. The van der Waals surface area contributed by atoms with Crippen molar-refractivity contribution in [2.75, 3.05) is 37.6 Å². The Labute approximate surface area is 167 Å². The number of carbonyl (C=O) groups is 1. The van der Waals surface area contributed by atoms with Gasteiger partial charge in [-0.05, 0) is 43.7 Å². The van der Waals surface area contributed by atoms with Crippen LogP contribution >= 0.6 is 24.8 Å². The number of amides is 1. The third-order valence-electron chi connectivity index (χ3n) is 4.75. The van der Waals surface area contributed by atoms with Gasteiger partial charge < -0.3 is 15.1 Å². The van der Waals surface area contributed by atoms with Gasteiger partial charge in [-0.25, -0.2) is 13.6 Å². The molecular weight excluding hydrogens is 399 g/mol. The highest BCUT2D eigenvalue weighted by Crippen LogP contribution is 2.19. The predicted molar refractivity (Wildman–Crippen MR) is 107 cm³/mol. The maximum absolute atomic E-state index is 12.3. The van der Waals surface area contributed by atoms with Crippen molar-refractivity contribution < 1.29 is 13.2 Å². The monoisotopic (exact) mass is 424 g/mol. The van der Waals surface area contributed by atoms with E-state index in [0.29, 0.717) is 25.6 Å². The normalized spacial score (nSPS) is 20.3. The number of nitrogens with two attached hydrogens (primary N) is 1. The van der Waals surface area contributed by atoms with Crippen molar-refractivity contribution in [3.8, 4) is 0 Å². The van der Waals surface area contributed by atoms with E-state index in [1.54, 1.807) is 12.1 Å². The number of rotatable bonds is 4. The van der Waals surface area contributed by atoms with Crippen molar-refractivity contribution >= 4 is 46.4 Å². The number of primary sulfonamides is 1. The zero-order valence-electron chi connectivity index (χ0n) is 14.5. The minimum atomic E-state index is -3.66. The molecule has 10 heteroatoms. The highest BCUT2D eigenvalue weighted by Gasteiger charge is 2.25. The fourth-order valence-corrected chi connectivity index (χ4v) is 3.85. The quantitative estimate of drug-likeness (QED) is 0.750. The number of nitrogens with zero attached hydrogens (tertiary/aromatic N) is 2. The number of hydrogen-bond donors (Lipinski definition) is 2. The summed E-state index contributed by atoms with van der Waals surface area (Å²) in [5, 5.41) is 8.47. The SMILES string of the molecule is Cl.Cl.NS(=O)(=O)c1ccc(N2CCN(C(=O)CC3CCCN3)CC2)cc1. The Kier molecular flexibility index (Phi) is 8.62. The summed E-state index contributed by atoms with van der Waals surface area (Å²) < 4.78 is 22.6. The van der Waals surface area contributed by atoms with E-state index < -0.39 is 10.0 Å². The van der Waals surface area contributed by atoms with Gasteiger partial charge in [-0.1, -0.05) is 0 Å². The maximum Gasteiger partial charge on any atom is 0.238 e. The van der Waals surface area contributed by atoms with Crippen LogP contribution in [0.25, 0.3) is 0 Å². The minimum absolute atomic E-state index is 0. The van der Waals surface area contributed by atoms with Crippen molar-refractivity contribution in [3.05, 3.63) is 24.3 Å². The lowest BCUT2D eigenvalue weighted by molar-refractivity contribution is -0.131. The van der Waals surface area contributed by atoms with Gasteiger partial charge in [0.15, 0.2) is 0 Å². The molecule has 2 saturated heterocycles. The third kappa shape index (κ3) is 5.72. The molecule has 1 unspecified atom stereocenters. The molecule has 0 saturated carbocycles. The average Bonchev–Trinajstić information content (AvgIpc) is 3.07. The summed E-state index contributed by atoms with van der Waals surface area (Å²) in [4.78, 5) is 16.5. The van der Waals surface area contributed by atoms with Crippen LogP contribution in [0.15, 0.2) is 29.2 Å². The fraction of sp³-hybridized carbons (Fsp3) is 0.562. The minimum Gasteiger partial charge on any atom is -0.368 e. The molecule has 3 N–H and O–H groups in total. The van der Waals surface area contributed by atoms with Crippen molar-refractivity contribution in [2.24, 2.45) is 5.14 Å². The molecule has 2 heterocycles. The molecule has 0 bridgehead atoms. The molecule has 2 aliphatic heterocycles. The van der Waals surface area contributed by atoms with Crippen molar-refractivity contribution in [2.45, 2.75) is 30.2 Å². The summed E-state index contributed by atoms with van der Waals surface area (Å²) in [6, 6.07) is 6.91. The number of hydrogen-bond acceptors (Lipinski definition) is 5. The topological polar surface area (TPSA) is 95.7 Å². The zero-order valence-corrected chi connectivity index (χ0v) is 16.9. The Balaban J connectivity index is 0.00000169. The first kappa shape index (κ1) is 23.0. The number of carbonyl (C=O) groups excluding carboxylic acids is 1. The van der Waals surface area contributed by atoms with E-state index in [1.807, 2.05) is 4.90 Å². The van der Waals surface area contributed by atoms with Crippen LogP contribution in [-0.4, -0.2) is 58.0 Å². The van der Waals surface area contributed by atoms with Gasteiger partial charge in [-0.3, -0.25) is 4.79 Å². The lowest BCUT2D eigenvalue weighted by atomic mass is 10.1. The van der Waals surface area contributed by atoms with Crippen LogP contribution in [0.5, 0.6) is 0 Å². The van der Waals surface area contributed by atoms with Gasteiger partial charge in [0.05, 0.1) is 4.90 Å². The summed E-state index contributed by atoms with van der Waals surface area (Å²) in [6.45, 7) is 3.91. The van der Waals surface area contributed by atoms with Gasteiger partial charge >= 0.3 is 0 Å². The summed E-state index contributed by atoms with van der Waals surface area (Å²) in [5.41, 5.74) is 0.951. The maximum atomic E-state index is 12.3. The van der Waals surface area contributed by atoms with Crippen LogP contribution in [-0.2, 0) is 14.8 Å². The van der Waals surface area contributed by atoms with E-state index in [2.05, 4.69) is 10.2 Å². The van der Waals surface area contributed by atoms with Crippen molar-refractivity contribution in [1.82, 2.24) is 10.2 Å². The molecule has 1 aromatic carbocycles. The summed E-state index contributed by atoms with van der Waals surface area (Å²) in [7, 11) is -3.66. The first-order valence-corrected chi connectivity index (χ1v) is 9.87. The molecule has 2 fully saturated rings. The van der Waals surface area contributed by atoms with Gasteiger partial charge in [-0.15, -0.1) is 24.8 Å². The van der Waals surface area contributed by atoms with E-state index in [1.165, 1.54) is 12.1 Å². The van der Waals surface area contributed by atoms with Crippen LogP contribution in [0, 0.1) is 0 Å². The van der Waals surface area contributed by atoms with Crippen molar-refractivity contribution in [3.63, 3.8) is 0 Å². The van der Waals surface area contributed by atoms with Crippen LogP contribution < -0.4 is 15.4 Å². The molecule has 2 aliphatic rings. The van der Waals surface area contributed by atoms with Crippen molar-refractivity contribution in [1.29, 1.82) is 0 Å². The lowest BCUT2D eigenvalue weighted by Crippen LogP contribution is -2.49. The Morgan fingerprint density at radius 2 is 1.73 bits per heavy atom. The largest absolute Gasteiger partial charge is 0.368 e. The third-order valence-corrected chi connectivity index (χ3v) is 5.68. The first-order chi connectivity index (χ1) is 11.4. The molecule has 1 atom stereocenters. The molecule has 26 heavy (non-hydrogen) atoms. The van der Waals surface area contributed by atoms with Crippen LogP contribution in [0.3, 0.4) is 0 Å². The standard InChI is InChI=1S/C16H24N4O3S.2ClH/c17-24(22,23)15-5-3-14(4-6-15)19-8-10-20(11-9-19)16(21)12-13-2-1-7-18-13;;/h3-6,13,18H,1-2,7-12H2,(H2,17,22,23);2*1H. The molecule has 0 spiro atoms. The molecular formula is C16H26Cl2N4O3S. The second-order valence-corrected chi connectivity index (χ2v) is 7.97. The van der Waals surface area contributed by atoms with Crippen LogP contribution in [0.1, 0.15) is 19.3 Å². The van der Waals surface area contributed by atoms with E-state index in [-0.39, 0.29) is 35.6 Å². The van der Waals surface area contributed by atoms with Gasteiger partial charge in [0.1, 0.15) is 0 Å². The second kappa shape index (κ2) is 9.75. The Morgan fingerprint density at radius 1 is 1.12 bits per heavy atom. The molecule has 7 nitrogen and oxygen atoms in total. The predicted octanol–water partition coefficient (Wildman–Crippen LogP) is 0.968. The number of anilines is 1. The van der Waals surface area contributed by atoms with E-state index in [9.17, 15) is 13.2 Å². The molecule has 1 aromatic rings. The Hall–Kier alpha value is -1.06. The van der Waals surface area contributed by atoms with Gasteiger partial charge in [-0.2, -0.15) is 0 Å². The number of halogens is 2. The number of sulfonamides is 1. The molecule has 0 aromatic heterocycles. The fourth-order valence-electron chi connectivity index (χ4n) is 3.33. The van der Waals surface area contributed by atoms with Crippen LogP contribution in [0.4, 0.5) is 5.69 Å². The van der Waals surface area contributed by atoms with Gasteiger partial charge in [0.2, 0.25) is 15.9 Å².